The van der Waals surface area contributed by atoms with Gasteiger partial charge < -0.3 is 14.0 Å². The highest BCUT2D eigenvalue weighted by atomic mass is 32.2. The van der Waals surface area contributed by atoms with Crippen molar-refractivity contribution in [1.29, 1.82) is 0 Å². The van der Waals surface area contributed by atoms with Crippen LogP contribution < -0.4 is 10.0 Å². The number of sulfonamides is 1. The summed E-state index contributed by atoms with van der Waals surface area (Å²) in [5, 5.41) is 2.85. The fourth-order valence-electron chi connectivity index (χ4n) is 3.19. The van der Waals surface area contributed by atoms with E-state index in [0.717, 1.165) is 17.5 Å². The number of hydrogen-bond donors (Lipinski definition) is 2. The van der Waals surface area contributed by atoms with Gasteiger partial charge in [0.25, 0.3) is 5.91 Å². The molecule has 0 aliphatic carbocycles. The SMILES string of the molecule is CCOCCCn1c(NC(=O)c2ccc(S(=O)(=O)NCCOC)cc2)nc2ccccc21. The van der Waals surface area contributed by atoms with Gasteiger partial charge in [-0.15, -0.1) is 0 Å². The predicted octanol–water partition coefficient (Wildman–Crippen LogP) is 2.64. The fourth-order valence-corrected chi connectivity index (χ4v) is 4.20. The number of aromatic nitrogens is 2. The van der Waals surface area contributed by atoms with Crippen LogP contribution >= 0.6 is 0 Å². The minimum atomic E-state index is -3.66. The van der Waals surface area contributed by atoms with Crippen molar-refractivity contribution >= 4 is 32.9 Å². The Bertz CT molecular complexity index is 1140. The second-order valence-corrected chi connectivity index (χ2v) is 8.76. The topological polar surface area (TPSA) is 112 Å². The van der Waals surface area contributed by atoms with Crippen molar-refractivity contribution in [3.05, 3.63) is 54.1 Å². The molecule has 0 atom stereocenters. The molecule has 2 N–H and O–H groups in total. The Kier molecular flexibility index (Phi) is 8.34. The average molecular weight is 461 g/mol. The third-order valence-electron chi connectivity index (χ3n) is 4.78. The number of imidazole rings is 1. The first-order valence-electron chi connectivity index (χ1n) is 10.4. The molecule has 0 aliphatic rings. The van der Waals surface area contributed by atoms with Crippen LogP contribution in [-0.2, 0) is 26.0 Å². The van der Waals surface area contributed by atoms with Gasteiger partial charge in [-0.05, 0) is 49.7 Å². The number of fused-ring (bicyclic) bond motifs is 1. The fraction of sp³-hybridized carbons (Fsp3) is 0.364. The summed E-state index contributed by atoms with van der Waals surface area (Å²) < 4.78 is 39.2. The van der Waals surface area contributed by atoms with E-state index in [1.54, 1.807) is 0 Å². The third kappa shape index (κ3) is 5.92. The molecule has 0 bridgehead atoms. The Morgan fingerprint density at radius 2 is 1.84 bits per heavy atom. The van der Waals surface area contributed by atoms with Gasteiger partial charge in [0, 0.05) is 39.0 Å². The van der Waals surface area contributed by atoms with E-state index in [1.165, 1.54) is 31.4 Å². The maximum Gasteiger partial charge on any atom is 0.257 e. The van der Waals surface area contributed by atoms with E-state index >= 15 is 0 Å². The van der Waals surface area contributed by atoms with Crippen LogP contribution in [0.4, 0.5) is 5.95 Å². The molecule has 0 saturated heterocycles. The van der Waals surface area contributed by atoms with Gasteiger partial charge in [-0.1, -0.05) is 12.1 Å². The largest absolute Gasteiger partial charge is 0.383 e. The summed E-state index contributed by atoms with van der Waals surface area (Å²) in [7, 11) is -2.17. The van der Waals surface area contributed by atoms with E-state index in [9.17, 15) is 13.2 Å². The lowest BCUT2D eigenvalue weighted by atomic mass is 10.2. The summed E-state index contributed by atoms with van der Waals surface area (Å²) in [6, 6.07) is 13.4. The number of hydrogen-bond acceptors (Lipinski definition) is 6. The van der Waals surface area contributed by atoms with Crippen LogP contribution in [0, 0.1) is 0 Å². The molecular weight excluding hydrogens is 432 g/mol. The molecule has 172 valence electrons. The molecule has 10 heteroatoms. The first-order chi connectivity index (χ1) is 15.5. The van der Waals surface area contributed by atoms with Gasteiger partial charge in [-0.2, -0.15) is 0 Å². The highest BCUT2D eigenvalue weighted by Crippen LogP contribution is 2.21. The standard InChI is InChI=1S/C22H28N4O5S/c1-3-31-15-6-14-26-20-8-5-4-7-19(20)24-22(26)25-21(27)17-9-11-18(12-10-17)32(28,29)23-13-16-30-2/h4-5,7-12,23H,3,6,13-16H2,1-2H3,(H,24,25,27). The molecule has 0 radical (unpaired) electrons. The molecule has 0 unspecified atom stereocenters. The Balaban J connectivity index is 1.75. The summed E-state index contributed by atoms with van der Waals surface area (Å²) in [6.07, 6.45) is 0.777. The van der Waals surface area contributed by atoms with E-state index in [-0.39, 0.29) is 24.0 Å². The summed E-state index contributed by atoms with van der Waals surface area (Å²) in [5.74, 6) is 0.0632. The molecule has 32 heavy (non-hydrogen) atoms. The zero-order valence-electron chi connectivity index (χ0n) is 18.2. The van der Waals surface area contributed by atoms with E-state index < -0.39 is 10.0 Å². The molecule has 3 rings (SSSR count). The molecule has 0 aliphatic heterocycles. The number of ether oxygens (including phenoxy) is 2. The number of amides is 1. The van der Waals surface area contributed by atoms with Gasteiger partial charge in [-0.25, -0.2) is 18.1 Å². The lowest BCUT2D eigenvalue weighted by molar-refractivity contribution is 0.102. The summed E-state index contributed by atoms with van der Waals surface area (Å²) in [6.45, 7) is 4.30. The molecule has 0 saturated carbocycles. The van der Waals surface area contributed by atoms with Crippen LogP contribution in [-0.4, -0.2) is 57.4 Å². The van der Waals surface area contributed by atoms with Gasteiger partial charge in [0.05, 0.1) is 22.5 Å². The van der Waals surface area contributed by atoms with Gasteiger partial charge >= 0.3 is 0 Å². The Morgan fingerprint density at radius 3 is 2.56 bits per heavy atom. The molecule has 0 spiro atoms. The number of methoxy groups -OCH3 is 1. The molecule has 9 nitrogen and oxygen atoms in total. The second-order valence-electron chi connectivity index (χ2n) is 7.00. The van der Waals surface area contributed by atoms with Gasteiger partial charge in [-0.3, -0.25) is 10.1 Å². The number of carbonyl (C=O) groups is 1. The number of nitrogens with zero attached hydrogens (tertiary/aromatic N) is 2. The molecule has 2 aromatic carbocycles. The number of anilines is 1. The monoisotopic (exact) mass is 460 g/mol. The number of rotatable bonds is 12. The lowest BCUT2D eigenvalue weighted by Gasteiger charge is -2.11. The van der Waals surface area contributed by atoms with Gasteiger partial charge in [0.15, 0.2) is 0 Å². The predicted molar refractivity (Wildman–Crippen MR) is 122 cm³/mol. The quantitative estimate of drug-likeness (QED) is 0.402. The maximum absolute atomic E-state index is 12.8. The summed E-state index contributed by atoms with van der Waals surface area (Å²) in [5.41, 5.74) is 2.03. The Hall–Kier alpha value is -2.79. The van der Waals surface area contributed by atoms with Crippen LogP contribution in [0.5, 0.6) is 0 Å². The number of nitrogens with one attached hydrogen (secondary N) is 2. The molecule has 3 aromatic rings. The minimum absolute atomic E-state index is 0.0771. The zero-order chi connectivity index (χ0) is 23.0. The van der Waals surface area contributed by atoms with Gasteiger partial charge in [0.1, 0.15) is 0 Å². The first kappa shape index (κ1) is 23.9. The first-order valence-corrected chi connectivity index (χ1v) is 11.9. The third-order valence-corrected chi connectivity index (χ3v) is 6.26. The van der Waals surface area contributed by atoms with Crippen LogP contribution in [0.3, 0.4) is 0 Å². The number of para-hydroxylation sites is 2. The minimum Gasteiger partial charge on any atom is -0.383 e. The maximum atomic E-state index is 12.8. The molecule has 1 aromatic heterocycles. The zero-order valence-corrected chi connectivity index (χ0v) is 19.0. The number of aryl methyl sites for hydroxylation is 1. The molecule has 0 fully saturated rings. The summed E-state index contributed by atoms with van der Waals surface area (Å²) in [4.78, 5) is 17.4. The van der Waals surface area contributed by atoms with Gasteiger partial charge in [0.2, 0.25) is 16.0 Å². The summed E-state index contributed by atoms with van der Waals surface area (Å²) >= 11 is 0. The van der Waals surface area contributed by atoms with Crippen molar-refractivity contribution in [2.24, 2.45) is 0 Å². The Morgan fingerprint density at radius 1 is 1.09 bits per heavy atom. The van der Waals surface area contributed by atoms with Crippen molar-refractivity contribution < 1.29 is 22.7 Å². The van der Waals surface area contributed by atoms with Crippen molar-refractivity contribution in [3.8, 4) is 0 Å². The van der Waals surface area contributed by atoms with Crippen LogP contribution in [0.15, 0.2) is 53.4 Å². The smallest absolute Gasteiger partial charge is 0.257 e. The number of benzene rings is 2. The highest BCUT2D eigenvalue weighted by Gasteiger charge is 2.17. The van der Waals surface area contributed by atoms with Crippen LogP contribution in [0.1, 0.15) is 23.7 Å². The van der Waals surface area contributed by atoms with Crippen molar-refractivity contribution in [3.63, 3.8) is 0 Å². The van der Waals surface area contributed by atoms with Crippen molar-refractivity contribution in [2.75, 3.05) is 38.8 Å². The second kappa shape index (κ2) is 11.2. The lowest BCUT2D eigenvalue weighted by Crippen LogP contribution is -2.27. The van der Waals surface area contributed by atoms with E-state index in [4.69, 9.17) is 9.47 Å². The molecular formula is C22H28N4O5S. The normalized spacial score (nSPS) is 11.7. The van der Waals surface area contributed by atoms with Crippen LogP contribution in [0.25, 0.3) is 11.0 Å². The molecule has 1 amide bonds. The van der Waals surface area contributed by atoms with Crippen molar-refractivity contribution in [1.82, 2.24) is 14.3 Å². The van der Waals surface area contributed by atoms with Crippen molar-refractivity contribution in [2.45, 2.75) is 24.8 Å². The average Bonchev–Trinajstić information content (AvgIpc) is 3.14. The Labute approximate surface area is 187 Å². The van der Waals surface area contributed by atoms with Crippen LogP contribution in [0.2, 0.25) is 0 Å². The molecule has 1 heterocycles. The number of carbonyl (C=O) groups excluding carboxylic acids is 1. The van der Waals surface area contributed by atoms with E-state index in [1.807, 2.05) is 35.8 Å². The van der Waals surface area contributed by atoms with E-state index in [0.29, 0.717) is 31.3 Å². The van der Waals surface area contributed by atoms with E-state index in [2.05, 4.69) is 15.0 Å². The highest BCUT2D eigenvalue weighted by molar-refractivity contribution is 7.89.